The highest BCUT2D eigenvalue weighted by Gasteiger charge is 2.28. The standard InChI is InChI=1S/C28H26N2O5S/c1-34-25-16-14-22(17-26(25)35-2)36(32,33)30(21-8-4-3-5-9-21)18-27(31)29-24-15-13-20-12-11-19-7-6-10-23(24)28(19)20/h3-10,13-17H,11-12,18H2,1-2H3,(H,29,31). The van der Waals surface area contributed by atoms with E-state index in [1.54, 1.807) is 30.3 Å². The Morgan fingerprint density at radius 3 is 2.31 bits per heavy atom. The van der Waals surface area contributed by atoms with Gasteiger partial charge >= 0.3 is 0 Å². The number of aryl methyl sites for hydroxylation is 2. The molecule has 4 aromatic rings. The van der Waals surface area contributed by atoms with Crippen LogP contribution in [0.15, 0.2) is 83.8 Å². The molecule has 0 aliphatic heterocycles. The van der Waals surface area contributed by atoms with E-state index in [0.717, 1.165) is 22.5 Å². The van der Waals surface area contributed by atoms with Gasteiger partial charge in [-0.15, -0.1) is 0 Å². The van der Waals surface area contributed by atoms with Crippen LogP contribution >= 0.6 is 0 Å². The molecule has 8 heteroatoms. The number of amides is 1. The molecule has 1 aliphatic rings. The number of carbonyl (C=O) groups excluding carboxylic acids is 1. The molecule has 1 aliphatic carbocycles. The second-order valence-corrected chi connectivity index (χ2v) is 10.4. The highest BCUT2D eigenvalue weighted by molar-refractivity contribution is 7.92. The summed E-state index contributed by atoms with van der Waals surface area (Å²) in [6.45, 7) is -0.399. The van der Waals surface area contributed by atoms with Crippen LogP contribution in [0.1, 0.15) is 11.1 Å². The minimum atomic E-state index is -4.11. The lowest BCUT2D eigenvalue weighted by Crippen LogP contribution is -2.38. The first kappa shape index (κ1) is 23.7. The maximum absolute atomic E-state index is 13.7. The zero-order chi connectivity index (χ0) is 25.3. The fraction of sp³-hybridized carbons (Fsp3) is 0.179. The van der Waals surface area contributed by atoms with E-state index in [-0.39, 0.29) is 10.6 Å². The monoisotopic (exact) mass is 502 g/mol. The van der Waals surface area contributed by atoms with Crippen molar-refractivity contribution in [2.45, 2.75) is 17.7 Å². The van der Waals surface area contributed by atoms with Gasteiger partial charge in [0, 0.05) is 17.1 Å². The van der Waals surface area contributed by atoms with Gasteiger partial charge in [0.2, 0.25) is 5.91 Å². The van der Waals surface area contributed by atoms with E-state index in [1.807, 2.05) is 24.3 Å². The number of nitrogens with zero attached hydrogens (tertiary/aromatic N) is 1. The van der Waals surface area contributed by atoms with Gasteiger partial charge in [0.15, 0.2) is 11.5 Å². The highest BCUT2D eigenvalue weighted by Crippen LogP contribution is 2.35. The van der Waals surface area contributed by atoms with Crippen LogP contribution in [-0.4, -0.2) is 35.1 Å². The zero-order valence-corrected chi connectivity index (χ0v) is 20.8. The third kappa shape index (κ3) is 4.24. The second-order valence-electron chi connectivity index (χ2n) is 8.52. The molecule has 5 rings (SSSR count). The van der Waals surface area contributed by atoms with E-state index in [9.17, 15) is 13.2 Å². The lowest BCUT2D eigenvalue weighted by atomic mass is 10.0. The summed E-state index contributed by atoms with van der Waals surface area (Å²) >= 11 is 0. The maximum atomic E-state index is 13.7. The summed E-state index contributed by atoms with van der Waals surface area (Å²) < 4.78 is 39.1. The normalized spacial score (nSPS) is 12.4. The van der Waals surface area contributed by atoms with Gasteiger partial charge < -0.3 is 14.8 Å². The molecule has 0 radical (unpaired) electrons. The number of hydrogen-bond acceptors (Lipinski definition) is 5. The number of sulfonamides is 1. The van der Waals surface area contributed by atoms with Crippen LogP contribution in [0.25, 0.3) is 10.8 Å². The van der Waals surface area contributed by atoms with Crippen LogP contribution in [0.5, 0.6) is 11.5 Å². The Morgan fingerprint density at radius 1 is 0.861 bits per heavy atom. The zero-order valence-electron chi connectivity index (χ0n) is 20.0. The summed E-state index contributed by atoms with van der Waals surface area (Å²) in [5.41, 5.74) is 3.57. The van der Waals surface area contributed by atoms with Crippen molar-refractivity contribution in [3.8, 4) is 11.5 Å². The third-order valence-corrected chi connectivity index (χ3v) is 8.20. The minimum absolute atomic E-state index is 0.0119. The van der Waals surface area contributed by atoms with Gasteiger partial charge in [-0.3, -0.25) is 9.10 Å². The number of ether oxygens (including phenoxy) is 2. The summed E-state index contributed by atoms with van der Waals surface area (Å²) in [6.07, 6.45) is 1.96. The maximum Gasteiger partial charge on any atom is 0.264 e. The van der Waals surface area contributed by atoms with Crippen molar-refractivity contribution in [1.82, 2.24) is 0 Å². The van der Waals surface area contributed by atoms with Gasteiger partial charge in [0.25, 0.3) is 10.0 Å². The molecule has 0 heterocycles. The lowest BCUT2D eigenvalue weighted by Gasteiger charge is -2.24. The average Bonchev–Trinajstić information content (AvgIpc) is 3.33. The number of carbonyl (C=O) groups is 1. The van der Waals surface area contributed by atoms with Crippen LogP contribution in [0.4, 0.5) is 11.4 Å². The number of nitrogens with one attached hydrogen (secondary N) is 1. The first-order chi connectivity index (χ1) is 17.4. The van der Waals surface area contributed by atoms with Crippen LogP contribution < -0.4 is 19.1 Å². The molecule has 4 aromatic carbocycles. The molecule has 1 N–H and O–H groups in total. The molecule has 0 aromatic heterocycles. The molecule has 1 amide bonds. The van der Waals surface area contributed by atoms with Gasteiger partial charge in [-0.2, -0.15) is 0 Å². The van der Waals surface area contributed by atoms with E-state index >= 15 is 0 Å². The van der Waals surface area contributed by atoms with E-state index in [4.69, 9.17) is 9.47 Å². The smallest absolute Gasteiger partial charge is 0.264 e. The van der Waals surface area contributed by atoms with Gasteiger partial charge in [0.05, 0.1) is 24.8 Å². The quantitative estimate of drug-likeness (QED) is 0.375. The van der Waals surface area contributed by atoms with E-state index < -0.39 is 22.5 Å². The molecule has 0 spiro atoms. The van der Waals surface area contributed by atoms with E-state index in [0.29, 0.717) is 17.1 Å². The summed E-state index contributed by atoms with van der Waals surface area (Å²) in [5.74, 6) is 0.248. The van der Waals surface area contributed by atoms with E-state index in [1.165, 1.54) is 48.9 Å². The Hall–Kier alpha value is -4.04. The van der Waals surface area contributed by atoms with Crippen LogP contribution in [0, 0.1) is 0 Å². The summed E-state index contributed by atoms with van der Waals surface area (Å²) in [4.78, 5) is 13.3. The molecular formula is C28H26N2O5S. The Labute approximate surface area is 210 Å². The lowest BCUT2D eigenvalue weighted by molar-refractivity contribution is -0.114. The first-order valence-electron chi connectivity index (χ1n) is 11.6. The van der Waals surface area contributed by atoms with Gasteiger partial charge in [-0.05, 0) is 59.7 Å². The molecule has 0 bridgehead atoms. The van der Waals surface area contributed by atoms with Gasteiger partial charge in [-0.25, -0.2) is 8.42 Å². The van der Waals surface area contributed by atoms with Crippen molar-refractivity contribution >= 4 is 38.1 Å². The molecule has 0 saturated heterocycles. The number of methoxy groups -OCH3 is 2. The average molecular weight is 503 g/mol. The first-order valence-corrected chi connectivity index (χ1v) is 13.0. The fourth-order valence-corrected chi connectivity index (χ4v) is 6.13. The molecule has 36 heavy (non-hydrogen) atoms. The third-order valence-electron chi connectivity index (χ3n) is 6.43. The molecule has 0 unspecified atom stereocenters. The predicted octanol–water partition coefficient (Wildman–Crippen LogP) is 4.79. The van der Waals surface area contributed by atoms with Crippen LogP contribution in [0.3, 0.4) is 0 Å². The SMILES string of the molecule is COc1ccc(S(=O)(=O)N(CC(=O)Nc2ccc3c4c(cccc24)CC3)c2ccccc2)cc1OC. The largest absolute Gasteiger partial charge is 0.493 e. The molecule has 0 saturated carbocycles. The Morgan fingerprint density at radius 2 is 1.58 bits per heavy atom. The predicted molar refractivity (Wildman–Crippen MR) is 141 cm³/mol. The van der Waals surface area contributed by atoms with Crippen molar-refractivity contribution in [2.75, 3.05) is 30.4 Å². The summed E-state index contributed by atoms with van der Waals surface area (Å²) in [5, 5.41) is 5.08. The van der Waals surface area contributed by atoms with Crippen molar-refractivity contribution < 1.29 is 22.7 Å². The topological polar surface area (TPSA) is 84.9 Å². The number of para-hydroxylation sites is 1. The Kier molecular flexibility index (Phi) is 6.28. The van der Waals surface area contributed by atoms with Crippen molar-refractivity contribution in [3.05, 3.63) is 90.0 Å². The van der Waals surface area contributed by atoms with Crippen molar-refractivity contribution in [3.63, 3.8) is 0 Å². The summed E-state index contributed by atoms with van der Waals surface area (Å²) in [6, 6.07) is 22.9. The van der Waals surface area contributed by atoms with Crippen LogP contribution in [-0.2, 0) is 27.7 Å². The van der Waals surface area contributed by atoms with Gasteiger partial charge in [-0.1, -0.05) is 42.5 Å². The van der Waals surface area contributed by atoms with Crippen LogP contribution in [0.2, 0.25) is 0 Å². The molecule has 0 fully saturated rings. The molecule has 7 nitrogen and oxygen atoms in total. The molecular weight excluding hydrogens is 476 g/mol. The molecule has 0 atom stereocenters. The Bertz CT molecular complexity index is 1540. The van der Waals surface area contributed by atoms with Crippen molar-refractivity contribution in [2.24, 2.45) is 0 Å². The fourth-order valence-electron chi connectivity index (χ4n) is 4.69. The number of anilines is 2. The highest BCUT2D eigenvalue weighted by atomic mass is 32.2. The Balaban J connectivity index is 1.49. The summed E-state index contributed by atoms with van der Waals surface area (Å²) in [7, 11) is -1.19. The van der Waals surface area contributed by atoms with Gasteiger partial charge in [0.1, 0.15) is 6.54 Å². The van der Waals surface area contributed by atoms with Crippen molar-refractivity contribution in [1.29, 1.82) is 0 Å². The minimum Gasteiger partial charge on any atom is -0.493 e. The number of rotatable bonds is 8. The van der Waals surface area contributed by atoms with E-state index in [2.05, 4.69) is 11.4 Å². The second kappa shape index (κ2) is 9.54. The number of benzene rings is 4. The molecule has 184 valence electrons. The number of hydrogen-bond donors (Lipinski definition) is 1.